The quantitative estimate of drug-likeness (QED) is 0.449. The standard InChI is InChI=1S/C23H26N6O2/c1-26(2)22-21(29(30)31)23(25-17-24-22)28-15-13-27(14-16-28)20(18-9-5-3-6-10-18)19-11-7-4-8-12-19/h3-12,17,20H,13-16H2,1-2H3. The van der Waals surface area contributed by atoms with Crippen molar-refractivity contribution in [1.29, 1.82) is 0 Å². The lowest BCUT2D eigenvalue weighted by molar-refractivity contribution is -0.383. The molecule has 2 aromatic carbocycles. The SMILES string of the molecule is CN(C)c1ncnc(N2CCN(C(c3ccccc3)c3ccccc3)CC2)c1[N+](=O)[O-]. The number of hydrogen-bond donors (Lipinski definition) is 0. The van der Waals surface area contributed by atoms with Crippen LogP contribution in [0, 0.1) is 10.1 Å². The zero-order valence-electron chi connectivity index (χ0n) is 17.8. The predicted molar refractivity (Wildman–Crippen MR) is 122 cm³/mol. The van der Waals surface area contributed by atoms with E-state index in [2.05, 4.69) is 63.4 Å². The van der Waals surface area contributed by atoms with Crippen molar-refractivity contribution < 1.29 is 4.92 Å². The molecule has 0 spiro atoms. The van der Waals surface area contributed by atoms with Gasteiger partial charge in [-0.15, -0.1) is 0 Å². The van der Waals surface area contributed by atoms with E-state index >= 15 is 0 Å². The number of rotatable bonds is 6. The van der Waals surface area contributed by atoms with Crippen LogP contribution in [0.2, 0.25) is 0 Å². The Balaban J connectivity index is 1.59. The van der Waals surface area contributed by atoms with Crippen molar-refractivity contribution in [2.45, 2.75) is 6.04 Å². The first-order chi connectivity index (χ1) is 15.1. The third-order valence-corrected chi connectivity index (χ3v) is 5.60. The molecule has 1 aliphatic rings. The van der Waals surface area contributed by atoms with Crippen LogP contribution in [0.4, 0.5) is 17.3 Å². The van der Waals surface area contributed by atoms with E-state index in [-0.39, 0.29) is 16.7 Å². The summed E-state index contributed by atoms with van der Waals surface area (Å²) in [5.74, 6) is 0.711. The smallest absolute Gasteiger partial charge is 0.353 e. The highest BCUT2D eigenvalue weighted by Crippen LogP contribution is 2.35. The second-order valence-electron chi connectivity index (χ2n) is 7.77. The fraction of sp³-hybridized carbons (Fsp3) is 0.304. The zero-order chi connectivity index (χ0) is 21.8. The van der Waals surface area contributed by atoms with Gasteiger partial charge in [0.15, 0.2) is 0 Å². The van der Waals surface area contributed by atoms with E-state index in [4.69, 9.17) is 0 Å². The highest BCUT2D eigenvalue weighted by Gasteiger charge is 2.32. The molecule has 0 N–H and O–H groups in total. The van der Waals surface area contributed by atoms with Crippen LogP contribution in [0.1, 0.15) is 17.2 Å². The van der Waals surface area contributed by atoms with Crippen LogP contribution in [-0.2, 0) is 0 Å². The lowest BCUT2D eigenvalue weighted by atomic mass is 9.96. The highest BCUT2D eigenvalue weighted by atomic mass is 16.6. The van der Waals surface area contributed by atoms with E-state index in [1.54, 1.807) is 19.0 Å². The highest BCUT2D eigenvalue weighted by molar-refractivity contribution is 5.71. The predicted octanol–water partition coefficient (Wildman–Crippen LogP) is 3.36. The van der Waals surface area contributed by atoms with Gasteiger partial charge in [0.05, 0.1) is 11.0 Å². The van der Waals surface area contributed by atoms with Gasteiger partial charge in [0, 0.05) is 40.3 Å². The van der Waals surface area contributed by atoms with Crippen molar-refractivity contribution in [1.82, 2.24) is 14.9 Å². The Morgan fingerprint density at radius 3 is 1.94 bits per heavy atom. The molecule has 0 unspecified atom stereocenters. The summed E-state index contributed by atoms with van der Waals surface area (Å²) >= 11 is 0. The molecule has 31 heavy (non-hydrogen) atoms. The van der Waals surface area contributed by atoms with Gasteiger partial charge in [0.1, 0.15) is 6.33 Å². The molecule has 1 saturated heterocycles. The van der Waals surface area contributed by atoms with Crippen LogP contribution in [-0.4, -0.2) is 60.1 Å². The van der Waals surface area contributed by atoms with Crippen molar-refractivity contribution in [3.63, 3.8) is 0 Å². The molecule has 1 fully saturated rings. The Kier molecular flexibility index (Phi) is 6.08. The first kappa shape index (κ1) is 20.7. The molecule has 2 heterocycles. The summed E-state index contributed by atoms with van der Waals surface area (Å²) in [6, 6.07) is 21.1. The van der Waals surface area contributed by atoms with Gasteiger partial charge < -0.3 is 9.80 Å². The molecule has 0 aliphatic carbocycles. The number of nitro groups is 1. The Morgan fingerprint density at radius 1 is 0.903 bits per heavy atom. The molecular weight excluding hydrogens is 392 g/mol. The van der Waals surface area contributed by atoms with Crippen molar-refractivity contribution in [3.05, 3.63) is 88.2 Å². The maximum Gasteiger partial charge on any atom is 0.353 e. The molecule has 8 heteroatoms. The Bertz CT molecular complexity index is 981. The average molecular weight is 419 g/mol. The fourth-order valence-corrected chi connectivity index (χ4v) is 4.16. The van der Waals surface area contributed by atoms with Gasteiger partial charge in [-0.1, -0.05) is 60.7 Å². The van der Waals surface area contributed by atoms with Crippen molar-refractivity contribution in [2.24, 2.45) is 0 Å². The number of anilines is 2. The number of nitrogens with zero attached hydrogens (tertiary/aromatic N) is 6. The maximum absolute atomic E-state index is 11.8. The third-order valence-electron chi connectivity index (χ3n) is 5.60. The van der Waals surface area contributed by atoms with Crippen LogP contribution >= 0.6 is 0 Å². The average Bonchev–Trinajstić information content (AvgIpc) is 2.80. The van der Waals surface area contributed by atoms with E-state index in [1.807, 2.05) is 17.0 Å². The molecule has 1 aromatic heterocycles. The molecule has 4 rings (SSSR count). The Hall–Kier alpha value is -3.52. The molecule has 3 aromatic rings. The zero-order valence-corrected chi connectivity index (χ0v) is 17.8. The molecule has 0 radical (unpaired) electrons. The molecule has 0 atom stereocenters. The van der Waals surface area contributed by atoms with E-state index < -0.39 is 0 Å². The van der Waals surface area contributed by atoms with Gasteiger partial charge in [-0.05, 0) is 11.1 Å². The summed E-state index contributed by atoms with van der Waals surface area (Å²) < 4.78 is 0. The minimum absolute atomic E-state index is 0.0383. The third kappa shape index (κ3) is 4.34. The van der Waals surface area contributed by atoms with Gasteiger partial charge in [-0.3, -0.25) is 15.0 Å². The molecular formula is C23H26N6O2. The minimum Gasteiger partial charge on any atom is -0.357 e. The maximum atomic E-state index is 11.8. The normalized spacial score (nSPS) is 14.6. The summed E-state index contributed by atoms with van der Waals surface area (Å²) in [5.41, 5.74) is 2.44. The van der Waals surface area contributed by atoms with Crippen molar-refractivity contribution >= 4 is 17.3 Å². The minimum atomic E-state index is -0.381. The van der Waals surface area contributed by atoms with E-state index in [0.29, 0.717) is 24.7 Å². The van der Waals surface area contributed by atoms with Crippen LogP contribution < -0.4 is 9.80 Å². The topological polar surface area (TPSA) is 78.6 Å². The second kappa shape index (κ2) is 9.09. The lowest BCUT2D eigenvalue weighted by Gasteiger charge is -2.40. The molecule has 0 saturated carbocycles. The van der Waals surface area contributed by atoms with Gasteiger partial charge in [0.25, 0.3) is 0 Å². The fourth-order valence-electron chi connectivity index (χ4n) is 4.16. The number of benzene rings is 2. The summed E-state index contributed by atoms with van der Waals surface area (Å²) in [6.07, 6.45) is 1.40. The Labute approximate surface area is 181 Å². The number of piperazine rings is 1. The summed E-state index contributed by atoms with van der Waals surface area (Å²) in [6.45, 7) is 2.85. The molecule has 8 nitrogen and oxygen atoms in total. The van der Waals surface area contributed by atoms with E-state index in [0.717, 1.165) is 13.1 Å². The van der Waals surface area contributed by atoms with E-state index in [9.17, 15) is 10.1 Å². The van der Waals surface area contributed by atoms with Crippen LogP contribution in [0.15, 0.2) is 67.0 Å². The molecule has 0 amide bonds. The van der Waals surface area contributed by atoms with Crippen LogP contribution in [0.25, 0.3) is 0 Å². The van der Waals surface area contributed by atoms with Gasteiger partial charge in [0.2, 0.25) is 11.6 Å². The summed E-state index contributed by atoms with van der Waals surface area (Å²) in [7, 11) is 3.50. The van der Waals surface area contributed by atoms with Crippen molar-refractivity contribution in [2.75, 3.05) is 50.1 Å². The molecule has 1 aliphatic heterocycles. The number of hydrogen-bond acceptors (Lipinski definition) is 7. The summed E-state index contributed by atoms with van der Waals surface area (Å²) in [4.78, 5) is 25.9. The molecule has 160 valence electrons. The van der Waals surface area contributed by atoms with Gasteiger partial charge in [-0.25, -0.2) is 9.97 Å². The summed E-state index contributed by atoms with van der Waals surface area (Å²) in [5, 5.41) is 11.8. The van der Waals surface area contributed by atoms with Crippen molar-refractivity contribution in [3.8, 4) is 0 Å². The monoisotopic (exact) mass is 418 g/mol. The number of aromatic nitrogens is 2. The lowest BCUT2D eigenvalue weighted by Crippen LogP contribution is -2.48. The first-order valence-electron chi connectivity index (χ1n) is 10.3. The largest absolute Gasteiger partial charge is 0.357 e. The molecule has 0 bridgehead atoms. The van der Waals surface area contributed by atoms with Crippen LogP contribution in [0.3, 0.4) is 0 Å². The Morgan fingerprint density at radius 2 is 1.45 bits per heavy atom. The van der Waals surface area contributed by atoms with E-state index in [1.165, 1.54) is 17.5 Å². The second-order valence-corrected chi connectivity index (χ2v) is 7.77. The van der Waals surface area contributed by atoms with Gasteiger partial charge in [-0.2, -0.15) is 0 Å². The van der Waals surface area contributed by atoms with Gasteiger partial charge >= 0.3 is 5.69 Å². The van der Waals surface area contributed by atoms with Crippen LogP contribution in [0.5, 0.6) is 0 Å². The first-order valence-corrected chi connectivity index (χ1v) is 10.3.